The zero-order chi connectivity index (χ0) is 26.8. The molecule has 0 radical (unpaired) electrons. The van der Waals surface area contributed by atoms with Crippen LogP contribution in [0.2, 0.25) is 0 Å². The number of tetrazole rings is 1. The van der Waals surface area contributed by atoms with Crippen molar-refractivity contribution >= 4 is 34.1 Å². The summed E-state index contributed by atoms with van der Waals surface area (Å²) < 4.78 is 0. The molecule has 0 aliphatic heterocycles. The molecule has 4 aromatic carbocycles. The molecule has 6 aromatic rings. The third-order valence-electron chi connectivity index (χ3n) is 6.31. The Bertz CT molecular complexity index is 1800. The van der Waals surface area contributed by atoms with E-state index in [0.717, 1.165) is 39.0 Å². The van der Waals surface area contributed by atoms with Gasteiger partial charge in [-0.25, -0.2) is 9.97 Å². The number of para-hydroxylation sites is 1. The molecule has 0 saturated heterocycles. The topological polar surface area (TPSA) is 111 Å². The summed E-state index contributed by atoms with van der Waals surface area (Å²) in [5.41, 5.74) is 6.39. The Morgan fingerprint density at radius 1 is 0.821 bits per heavy atom. The minimum Gasteiger partial charge on any atom is -0.324 e. The summed E-state index contributed by atoms with van der Waals surface area (Å²) in [5.74, 6) is 0.756. The lowest BCUT2D eigenvalue weighted by atomic mass is 10.1. The number of fused-ring (bicyclic) bond motifs is 1. The van der Waals surface area contributed by atoms with Crippen LogP contribution in [0.5, 0.6) is 0 Å². The van der Waals surface area contributed by atoms with Gasteiger partial charge in [0.25, 0.3) is 5.91 Å². The van der Waals surface area contributed by atoms with Crippen LogP contribution >= 0.6 is 0 Å². The Labute approximate surface area is 224 Å². The predicted octanol–water partition coefficient (Wildman–Crippen LogP) is 5.79. The van der Waals surface area contributed by atoms with Gasteiger partial charge in [-0.05, 0) is 54.1 Å². The van der Waals surface area contributed by atoms with E-state index in [-0.39, 0.29) is 5.91 Å². The van der Waals surface area contributed by atoms with Crippen molar-refractivity contribution in [3.8, 4) is 22.6 Å². The van der Waals surface area contributed by atoms with Gasteiger partial charge in [0.2, 0.25) is 11.8 Å². The summed E-state index contributed by atoms with van der Waals surface area (Å²) in [5, 5.41) is 19.4. The lowest BCUT2D eigenvalue weighted by Gasteiger charge is -2.12. The molecular formula is C30H24N8O. The monoisotopic (exact) mass is 512 g/mol. The fourth-order valence-corrected chi connectivity index (χ4v) is 4.27. The van der Waals surface area contributed by atoms with Gasteiger partial charge in [0.15, 0.2) is 0 Å². The SMILES string of the molecule is Cc1ccc(-c2nnn(C)n2)cc1NC(=O)c1ccc(Nc2nc(-c3ccccc3)c3ccccc3n2)cc1. The Kier molecular flexibility index (Phi) is 6.22. The largest absolute Gasteiger partial charge is 0.324 e. The molecule has 0 aliphatic carbocycles. The van der Waals surface area contributed by atoms with Gasteiger partial charge in [-0.2, -0.15) is 4.80 Å². The molecule has 6 rings (SSSR count). The highest BCUT2D eigenvalue weighted by atomic mass is 16.1. The summed E-state index contributed by atoms with van der Waals surface area (Å²) >= 11 is 0. The number of hydrogen-bond acceptors (Lipinski definition) is 7. The summed E-state index contributed by atoms with van der Waals surface area (Å²) in [7, 11) is 1.71. The highest BCUT2D eigenvalue weighted by Gasteiger charge is 2.13. The number of carbonyl (C=O) groups excluding carboxylic acids is 1. The zero-order valence-corrected chi connectivity index (χ0v) is 21.3. The predicted molar refractivity (Wildman–Crippen MR) is 152 cm³/mol. The van der Waals surface area contributed by atoms with Crippen molar-refractivity contribution in [2.75, 3.05) is 10.6 Å². The first-order valence-electron chi connectivity index (χ1n) is 12.4. The van der Waals surface area contributed by atoms with Crippen LogP contribution in [0.1, 0.15) is 15.9 Å². The second-order valence-electron chi connectivity index (χ2n) is 9.07. The molecule has 0 aliphatic rings. The number of amides is 1. The van der Waals surface area contributed by atoms with Crippen molar-refractivity contribution in [1.82, 2.24) is 30.2 Å². The van der Waals surface area contributed by atoms with E-state index in [0.29, 0.717) is 23.0 Å². The van der Waals surface area contributed by atoms with Crippen LogP contribution in [0.3, 0.4) is 0 Å². The molecule has 1 amide bonds. The summed E-state index contributed by atoms with van der Waals surface area (Å²) in [6, 6.07) is 30.9. The van der Waals surface area contributed by atoms with Gasteiger partial charge in [-0.3, -0.25) is 4.79 Å². The molecule has 0 bridgehead atoms. The van der Waals surface area contributed by atoms with E-state index in [2.05, 4.69) is 26.0 Å². The Morgan fingerprint density at radius 2 is 1.59 bits per heavy atom. The molecule has 0 unspecified atom stereocenters. The van der Waals surface area contributed by atoms with Gasteiger partial charge in [0.1, 0.15) is 0 Å². The first kappa shape index (κ1) is 23.9. The third kappa shape index (κ3) is 5.05. The normalized spacial score (nSPS) is 10.9. The fourth-order valence-electron chi connectivity index (χ4n) is 4.27. The molecule has 2 heterocycles. The molecule has 0 saturated carbocycles. The maximum absolute atomic E-state index is 13.0. The van der Waals surface area contributed by atoms with E-state index < -0.39 is 0 Å². The average Bonchev–Trinajstić information content (AvgIpc) is 3.41. The summed E-state index contributed by atoms with van der Waals surface area (Å²) in [4.78, 5) is 23.9. The van der Waals surface area contributed by atoms with Crippen LogP contribution in [0.25, 0.3) is 33.5 Å². The van der Waals surface area contributed by atoms with Gasteiger partial charge < -0.3 is 10.6 Å². The number of benzene rings is 4. The lowest BCUT2D eigenvalue weighted by molar-refractivity contribution is 0.102. The number of nitrogens with one attached hydrogen (secondary N) is 2. The van der Waals surface area contributed by atoms with Crippen molar-refractivity contribution in [1.29, 1.82) is 0 Å². The van der Waals surface area contributed by atoms with Crippen LogP contribution in [0, 0.1) is 6.92 Å². The highest BCUT2D eigenvalue weighted by Crippen LogP contribution is 2.28. The molecule has 39 heavy (non-hydrogen) atoms. The molecule has 2 N–H and O–H groups in total. The molecular weight excluding hydrogens is 488 g/mol. The average molecular weight is 513 g/mol. The molecule has 190 valence electrons. The lowest BCUT2D eigenvalue weighted by Crippen LogP contribution is -2.13. The van der Waals surface area contributed by atoms with Crippen LogP contribution in [0.15, 0.2) is 97.1 Å². The number of hydrogen-bond donors (Lipinski definition) is 2. The maximum Gasteiger partial charge on any atom is 0.255 e. The number of aromatic nitrogens is 6. The molecule has 9 nitrogen and oxygen atoms in total. The maximum atomic E-state index is 13.0. The Hall–Kier alpha value is -5.44. The molecule has 0 atom stereocenters. The number of aryl methyl sites for hydroxylation is 2. The van der Waals surface area contributed by atoms with Crippen molar-refractivity contribution in [2.24, 2.45) is 7.05 Å². The fraction of sp³-hybridized carbons (Fsp3) is 0.0667. The first-order chi connectivity index (χ1) is 19.0. The summed E-state index contributed by atoms with van der Waals surface area (Å²) in [6.45, 7) is 1.93. The highest BCUT2D eigenvalue weighted by molar-refractivity contribution is 6.05. The number of rotatable bonds is 6. The Balaban J connectivity index is 1.22. The number of nitrogens with zero attached hydrogens (tertiary/aromatic N) is 6. The second kappa shape index (κ2) is 10.1. The van der Waals surface area contributed by atoms with Crippen molar-refractivity contribution in [3.05, 3.63) is 108 Å². The van der Waals surface area contributed by atoms with E-state index >= 15 is 0 Å². The van der Waals surface area contributed by atoms with E-state index in [1.807, 2.05) is 91.9 Å². The minimum absolute atomic E-state index is 0.220. The Morgan fingerprint density at radius 3 is 2.36 bits per heavy atom. The van der Waals surface area contributed by atoms with Crippen LogP contribution in [0.4, 0.5) is 17.3 Å². The second-order valence-corrected chi connectivity index (χ2v) is 9.07. The first-order valence-corrected chi connectivity index (χ1v) is 12.4. The van der Waals surface area contributed by atoms with Crippen molar-refractivity contribution in [3.63, 3.8) is 0 Å². The molecule has 2 aromatic heterocycles. The van der Waals surface area contributed by atoms with Crippen molar-refractivity contribution in [2.45, 2.75) is 6.92 Å². The van der Waals surface area contributed by atoms with Gasteiger partial charge in [0.05, 0.1) is 18.3 Å². The molecule has 9 heteroatoms. The molecule has 0 spiro atoms. The molecule has 0 fully saturated rings. The smallest absolute Gasteiger partial charge is 0.255 e. The van der Waals surface area contributed by atoms with Gasteiger partial charge in [-0.15, -0.1) is 10.2 Å². The van der Waals surface area contributed by atoms with Gasteiger partial charge in [0, 0.05) is 33.5 Å². The van der Waals surface area contributed by atoms with Crippen LogP contribution in [-0.4, -0.2) is 36.1 Å². The van der Waals surface area contributed by atoms with Crippen LogP contribution in [-0.2, 0) is 7.05 Å². The van der Waals surface area contributed by atoms with E-state index in [1.165, 1.54) is 4.80 Å². The third-order valence-corrected chi connectivity index (χ3v) is 6.31. The zero-order valence-electron chi connectivity index (χ0n) is 21.3. The van der Waals surface area contributed by atoms with E-state index in [9.17, 15) is 4.79 Å². The van der Waals surface area contributed by atoms with Gasteiger partial charge in [-0.1, -0.05) is 60.7 Å². The number of anilines is 3. The quantitative estimate of drug-likeness (QED) is 0.290. The van der Waals surface area contributed by atoms with E-state index in [1.54, 1.807) is 19.2 Å². The standard InChI is InChI=1S/C30H24N8O/c1-19-12-13-22(28-35-37-38(2)36-28)18-26(19)32-29(39)21-14-16-23(17-15-21)31-30-33-25-11-7-6-10-24(25)27(34-30)20-8-4-3-5-9-20/h3-18H,1-2H3,(H,32,39)(H,31,33,34). The van der Waals surface area contributed by atoms with E-state index in [4.69, 9.17) is 9.97 Å². The summed E-state index contributed by atoms with van der Waals surface area (Å²) in [6.07, 6.45) is 0. The number of carbonyl (C=O) groups is 1. The van der Waals surface area contributed by atoms with Crippen LogP contribution < -0.4 is 10.6 Å². The van der Waals surface area contributed by atoms with Crippen molar-refractivity contribution < 1.29 is 4.79 Å². The minimum atomic E-state index is -0.220. The van der Waals surface area contributed by atoms with Gasteiger partial charge >= 0.3 is 0 Å².